The molecular weight excluding hydrogens is 176 g/mol. The number of hydrogen-bond acceptors (Lipinski definition) is 3. The second kappa shape index (κ2) is 4.60. The van der Waals surface area contributed by atoms with E-state index in [2.05, 4.69) is 32.9 Å². The summed E-state index contributed by atoms with van der Waals surface area (Å²) in [5.41, 5.74) is 6.95. The predicted molar refractivity (Wildman–Crippen MR) is 56.8 cm³/mol. The molecule has 0 saturated carbocycles. The lowest BCUT2D eigenvalue weighted by molar-refractivity contribution is 0.328. The molecule has 2 N–H and O–H groups in total. The minimum Gasteiger partial charge on any atom is -0.359 e. The van der Waals surface area contributed by atoms with Gasteiger partial charge in [-0.2, -0.15) is 0 Å². The van der Waals surface area contributed by atoms with Gasteiger partial charge in [0.1, 0.15) is 0 Å². The molecule has 0 aliphatic carbocycles. The Kier molecular flexibility index (Phi) is 3.69. The van der Waals surface area contributed by atoms with Crippen LogP contribution in [0.4, 0.5) is 0 Å². The van der Waals surface area contributed by atoms with Gasteiger partial charge < -0.3 is 10.3 Å². The second-order valence-electron chi connectivity index (χ2n) is 4.59. The van der Waals surface area contributed by atoms with Gasteiger partial charge >= 0.3 is 0 Å². The Bertz CT molecular complexity index is 279. The zero-order chi connectivity index (χ0) is 10.7. The molecule has 1 heterocycles. The molecule has 0 aliphatic rings. The largest absolute Gasteiger partial charge is 0.359 e. The average molecular weight is 196 g/mol. The fourth-order valence-corrected chi connectivity index (χ4v) is 1.33. The SMILES string of the molecule is CC(C)Cc1cc(C(N)C(C)C)on1. The first-order valence-electron chi connectivity index (χ1n) is 5.21. The molecular formula is C11H20N2O. The molecule has 1 aromatic heterocycles. The summed E-state index contributed by atoms with van der Waals surface area (Å²) in [4.78, 5) is 0. The Balaban J connectivity index is 2.67. The molecule has 0 bridgehead atoms. The van der Waals surface area contributed by atoms with E-state index in [4.69, 9.17) is 10.3 Å². The summed E-state index contributed by atoms with van der Waals surface area (Å²) in [6.45, 7) is 8.48. The van der Waals surface area contributed by atoms with E-state index in [1.165, 1.54) is 0 Å². The van der Waals surface area contributed by atoms with E-state index < -0.39 is 0 Å². The normalized spacial score (nSPS) is 13.9. The second-order valence-corrected chi connectivity index (χ2v) is 4.59. The predicted octanol–water partition coefficient (Wildman–Crippen LogP) is 2.53. The quantitative estimate of drug-likeness (QED) is 0.805. The lowest BCUT2D eigenvalue weighted by atomic mass is 10.0. The van der Waals surface area contributed by atoms with Crippen molar-refractivity contribution in [3.63, 3.8) is 0 Å². The number of rotatable bonds is 4. The average Bonchev–Trinajstić information content (AvgIpc) is 2.50. The summed E-state index contributed by atoms with van der Waals surface area (Å²) in [5, 5.41) is 4.00. The van der Waals surface area contributed by atoms with Gasteiger partial charge in [-0.25, -0.2) is 0 Å². The number of nitrogens with zero attached hydrogens (tertiary/aromatic N) is 1. The van der Waals surface area contributed by atoms with Crippen LogP contribution in [0.15, 0.2) is 10.6 Å². The Hall–Kier alpha value is -0.830. The zero-order valence-corrected chi connectivity index (χ0v) is 9.45. The smallest absolute Gasteiger partial charge is 0.153 e. The van der Waals surface area contributed by atoms with E-state index in [1.807, 2.05) is 6.07 Å². The van der Waals surface area contributed by atoms with Crippen LogP contribution in [0, 0.1) is 11.8 Å². The minimum absolute atomic E-state index is 0.0385. The molecule has 14 heavy (non-hydrogen) atoms. The molecule has 0 spiro atoms. The van der Waals surface area contributed by atoms with Crippen LogP contribution in [0.2, 0.25) is 0 Å². The molecule has 80 valence electrons. The van der Waals surface area contributed by atoms with E-state index in [0.29, 0.717) is 11.8 Å². The summed E-state index contributed by atoms with van der Waals surface area (Å²) < 4.78 is 5.21. The lowest BCUT2D eigenvalue weighted by Crippen LogP contribution is -2.15. The molecule has 1 unspecified atom stereocenters. The molecule has 1 atom stereocenters. The van der Waals surface area contributed by atoms with Crippen LogP contribution in [-0.2, 0) is 6.42 Å². The summed E-state index contributed by atoms with van der Waals surface area (Å²) >= 11 is 0. The van der Waals surface area contributed by atoms with E-state index in [9.17, 15) is 0 Å². The van der Waals surface area contributed by atoms with Gasteiger partial charge in [-0.05, 0) is 18.3 Å². The zero-order valence-electron chi connectivity index (χ0n) is 9.45. The van der Waals surface area contributed by atoms with Crippen LogP contribution >= 0.6 is 0 Å². The Morgan fingerprint density at radius 2 is 2.00 bits per heavy atom. The molecule has 1 aromatic rings. The van der Waals surface area contributed by atoms with Crippen LogP contribution in [0.1, 0.15) is 45.2 Å². The molecule has 0 aromatic carbocycles. The van der Waals surface area contributed by atoms with Gasteiger partial charge in [0.15, 0.2) is 5.76 Å². The van der Waals surface area contributed by atoms with Crippen molar-refractivity contribution >= 4 is 0 Å². The van der Waals surface area contributed by atoms with Crippen molar-refractivity contribution in [3.8, 4) is 0 Å². The van der Waals surface area contributed by atoms with Crippen molar-refractivity contribution in [2.75, 3.05) is 0 Å². The van der Waals surface area contributed by atoms with Gasteiger partial charge in [-0.3, -0.25) is 0 Å². The third kappa shape index (κ3) is 2.84. The standard InChI is InChI=1S/C11H20N2O/c1-7(2)5-9-6-10(14-13-9)11(12)8(3)4/h6-8,11H,5,12H2,1-4H3. The van der Waals surface area contributed by atoms with Crippen LogP contribution in [0.3, 0.4) is 0 Å². The first-order valence-corrected chi connectivity index (χ1v) is 5.21. The molecule has 0 radical (unpaired) electrons. The van der Waals surface area contributed by atoms with Crippen molar-refractivity contribution in [2.45, 2.75) is 40.2 Å². The monoisotopic (exact) mass is 196 g/mol. The Morgan fingerprint density at radius 3 is 2.50 bits per heavy atom. The lowest BCUT2D eigenvalue weighted by Gasteiger charge is -2.10. The first-order chi connectivity index (χ1) is 6.50. The highest BCUT2D eigenvalue weighted by atomic mass is 16.5. The van der Waals surface area contributed by atoms with Crippen molar-refractivity contribution in [3.05, 3.63) is 17.5 Å². The van der Waals surface area contributed by atoms with Crippen LogP contribution < -0.4 is 5.73 Å². The number of nitrogens with two attached hydrogens (primary N) is 1. The van der Waals surface area contributed by atoms with E-state index in [0.717, 1.165) is 17.9 Å². The molecule has 0 saturated heterocycles. The maximum absolute atomic E-state index is 5.95. The summed E-state index contributed by atoms with van der Waals surface area (Å²) in [6.07, 6.45) is 0.953. The molecule has 1 rings (SSSR count). The molecule has 0 fully saturated rings. The van der Waals surface area contributed by atoms with Crippen molar-refractivity contribution in [1.82, 2.24) is 5.16 Å². The van der Waals surface area contributed by atoms with Gasteiger partial charge in [0, 0.05) is 6.07 Å². The van der Waals surface area contributed by atoms with Gasteiger partial charge in [0.25, 0.3) is 0 Å². The van der Waals surface area contributed by atoms with Gasteiger partial charge in [0.2, 0.25) is 0 Å². The highest BCUT2D eigenvalue weighted by molar-refractivity contribution is 5.09. The van der Waals surface area contributed by atoms with Crippen LogP contribution in [-0.4, -0.2) is 5.16 Å². The number of hydrogen-bond donors (Lipinski definition) is 1. The molecule has 0 amide bonds. The first kappa shape index (κ1) is 11.2. The van der Waals surface area contributed by atoms with Gasteiger partial charge in [-0.15, -0.1) is 0 Å². The van der Waals surface area contributed by atoms with Gasteiger partial charge in [-0.1, -0.05) is 32.9 Å². The third-order valence-corrected chi connectivity index (χ3v) is 2.24. The van der Waals surface area contributed by atoms with Crippen molar-refractivity contribution < 1.29 is 4.52 Å². The summed E-state index contributed by atoms with van der Waals surface area (Å²) in [5.74, 6) is 1.79. The molecule has 3 heteroatoms. The summed E-state index contributed by atoms with van der Waals surface area (Å²) in [7, 11) is 0. The van der Waals surface area contributed by atoms with Crippen molar-refractivity contribution in [1.29, 1.82) is 0 Å². The van der Waals surface area contributed by atoms with Gasteiger partial charge in [0.05, 0.1) is 11.7 Å². The number of aromatic nitrogens is 1. The summed E-state index contributed by atoms with van der Waals surface area (Å²) in [6, 6.07) is 1.94. The maximum Gasteiger partial charge on any atom is 0.153 e. The fraction of sp³-hybridized carbons (Fsp3) is 0.727. The topological polar surface area (TPSA) is 52.0 Å². The fourth-order valence-electron chi connectivity index (χ4n) is 1.33. The van der Waals surface area contributed by atoms with Crippen LogP contribution in [0.25, 0.3) is 0 Å². The third-order valence-electron chi connectivity index (χ3n) is 2.24. The Labute approximate surface area is 85.7 Å². The van der Waals surface area contributed by atoms with E-state index in [1.54, 1.807) is 0 Å². The van der Waals surface area contributed by atoms with Crippen LogP contribution in [0.5, 0.6) is 0 Å². The maximum atomic E-state index is 5.95. The molecule has 0 aliphatic heterocycles. The van der Waals surface area contributed by atoms with Crippen molar-refractivity contribution in [2.24, 2.45) is 17.6 Å². The molecule has 3 nitrogen and oxygen atoms in total. The highest BCUT2D eigenvalue weighted by Crippen LogP contribution is 2.20. The van der Waals surface area contributed by atoms with E-state index >= 15 is 0 Å². The minimum atomic E-state index is -0.0385. The Morgan fingerprint density at radius 1 is 1.36 bits per heavy atom. The highest BCUT2D eigenvalue weighted by Gasteiger charge is 2.16. The van der Waals surface area contributed by atoms with E-state index in [-0.39, 0.29) is 6.04 Å².